The van der Waals surface area contributed by atoms with E-state index in [0.717, 1.165) is 34.5 Å². The molecular formula is C22H25N5O3S2. The summed E-state index contributed by atoms with van der Waals surface area (Å²) in [5.41, 5.74) is 1.43. The number of esters is 1. The molecule has 1 fully saturated rings. The van der Waals surface area contributed by atoms with Crippen molar-refractivity contribution >= 4 is 35.0 Å². The van der Waals surface area contributed by atoms with Gasteiger partial charge in [-0.3, -0.25) is 14.2 Å². The lowest BCUT2D eigenvalue weighted by Gasteiger charge is -2.31. The lowest BCUT2D eigenvalue weighted by atomic mass is 9.98. The van der Waals surface area contributed by atoms with Gasteiger partial charge in [-0.25, -0.2) is 4.98 Å². The van der Waals surface area contributed by atoms with E-state index < -0.39 is 0 Å². The molecule has 4 rings (SSSR count). The zero-order valence-corrected chi connectivity index (χ0v) is 19.7. The van der Waals surface area contributed by atoms with Gasteiger partial charge in [0.15, 0.2) is 5.16 Å². The molecule has 1 aliphatic heterocycles. The Morgan fingerprint density at radius 2 is 2.06 bits per heavy atom. The number of hydrogen-bond donors (Lipinski definition) is 0. The highest BCUT2D eigenvalue weighted by Gasteiger charge is 2.30. The lowest BCUT2D eigenvalue weighted by molar-refractivity contribution is -0.149. The number of nitrogens with zero attached hydrogens (tertiary/aromatic N) is 5. The Kier molecular flexibility index (Phi) is 7.21. The van der Waals surface area contributed by atoms with Crippen LogP contribution in [-0.2, 0) is 15.3 Å². The largest absolute Gasteiger partial charge is 0.466 e. The van der Waals surface area contributed by atoms with Crippen molar-refractivity contribution in [2.24, 2.45) is 5.92 Å². The number of para-hydroxylation sites is 1. The minimum Gasteiger partial charge on any atom is -0.466 e. The van der Waals surface area contributed by atoms with Crippen molar-refractivity contribution in [3.05, 3.63) is 52.2 Å². The van der Waals surface area contributed by atoms with E-state index >= 15 is 0 Å². The number of benzene rings is 1. The van der Waals surface area contributed by atoms with Gasteiger partial charge in [0.25, 0.3) is 5.91 Å². The van der Waals surface area contributed by atoms with E-state index in [4.69, 9.17) is 4.74 Å². The maximum Gasteiger partial charge on any atom is 0.310 e. The van der Waals surface area contributed by atoms with E-state index in [-0.39, 0.29) is 17.8 Å². The van der Waals surface area contributed by atoms with Crippen LogP contribution < -0.4 is 0 Å². The normalized spacial score (nSPS) is 16.2. The van der Waals surface area contributed by atoms with Crippen LogP contribution in [0, 0.1) is 12.8 Å². The molecule has 0 saturated carbocycles. The van der Waals surface area contributed by atoms with Crippen LogP contribution in [0.3, 0.4) is 0 Å². The van der Waals surface area contributed by atoms with Gasteiger partial charge in [0.2, 0.25) is 0 Å². The Bertz CT molecular complexity index is 1080. The second kappa shape index (κ2) is 10.3. The van der Waals surface area contributed by atoms with Crippen LogP contribution in [0.15, 0.2) is 40.9 Å². The number of piperidine rings is 1. The summed E-state index contributed by atoms with van der Waals surface area (Å²) in [4.78, 5) is 31.3. The number of likely N-dealkylation sites (tertiary alicyclic amines) is 1. The van der Waals surface area contributed by atoms with Crippen molar-refractivity contribution in [3.63, 3.8) is 0 Å². The van der Waals surface area contributed by atoms with Crippen LogP contribution in [0.2, 0.25) is 0 Å². The first-order valence-electron chi connectivity index (χ1n) is 10.6. The number of carbonyl (C=O) groups excluding carboxylic acids is 2. The van der Waals surface area contributed by atoms with E-state index in [9.17, 15) is 9.59 Å². The number of hydrogen-bond acceptors (Lipinski definition) is 8. The number of amides is 1. The van der Waals surface area contributed by atoms with Crippen LogP contribution in [0.5, 0.6) is 0 Å². The topological polar surface area (TPSA) is 90.2 Å². The molecule has 0 N–H and O–H groups in total. The minimum atomic E-state index is -0.256. The number of aryl methyl sites for hydroxylation is 1. The molecule has 0 spiro atoms. The number of aromatic nitrogens is 4. The highest BCUT2D eigenvalue weighted by Crippen LogP contribution is 2.27. The zero-order valence-electron chi connectivity index (χ0n) is 18.1. The molecule has 1 unspecified atom stereocenters. The number of thioether (sulfide) groups is 1. The molecule has 0 aliphatic carbocycles. The van der Waals surface area contributed by atoms with Crippen molar-refractivity contribution < 1.29 is 14.3 Å². The summed E-state index contributed by atoms with van der Waals surface area (Å²) in [5.74, 6) is 0.797. The molecule has 1 aromatic carbocycles. The van der Waals surface area contributed by atoms with E-state index in [1.54, 1.807) is 17.2 Å². The molecule has 3 heterocycles. The molecule has 1 saturated heterocycles. The minimum absolute atomic E-state index is 0.130. The number of carbonyl (C=O) groups is 2. The highest BCUT2D eigenvalue weighted by atomic mass is 32.2. The third-order valence-electron chi connectivity index (χ3n) is 5.23. The standard InChI is InChI=1S/C22H25N5O3S2/c1-3-30-21(29)16-8-7-11-26(12-16)20(28)18-13-31-19(23-18)14-32-22-25-24-15(2)27(22)17-9-5-4-6-10-17/h4-6,9-10,13,16H,3,7-8,11-12,14H2,1-2H3. The van der Waals surface area contributed by atoms with E-state index in [1.165, 1.54) is 23.1 Å². The van der Waals surface area contributed by atoms with Crippen molar-refractivity contribution in [2.45, 2.75) is 37.6 Å². The molecule has 1 amide bonds. The van der Waals surface area contributed by atoms with Gasteiger partial charge in [-0.15, -0.1) is 21.5 Å². The highest BCUT2D eigenvalue weighted by molar-refractivity contribution is 7.98. The summed E-state index contributed by atoms with van der Waals surface area (Å²) in [6.07, 6.45) is 1.54. The summed E-state index contributed by atoms with van der Waals surface area (Å²) >= 11 is 2.99. The number of thiazole rings is 1. The zero-order chi connectivity index (χ0) is 22.5. The van der Waals surface area contributed by atoms with Gasteiger partial charge < -0.3 is 9.64 Å². The fourth-order valence-corrected chi connectivity index (χ4v) is 5.47. The first-order valence-corrected chi connectivity index (χ1v) is 12.4. The Labute approximate surface area is 195 Å². The van der Waals surface area contributed by atoms with Crippen molar-refractivity contribution in [1.82, 2.24) is 24.6 Å². The predicted octanol–water partition coefficient (Wildman–Crippen LogP) is 3.74. The van der Waals surface area contributed by atoms with Gasteiger partial charge in [0.1, 0.15) is 16.5 Å². The van der Waals surface area contributed by atoms with Crippen LogP contribution >= 0.6 is 23.1 Å². The molecule has 32 heavy (non-hydrogen) atoms. The molecule has 168 valence electrons. The Balaban J connectivity index is 1.40. The van der Waals surface area contributed by atoms with Crippen LogP contribution in [0.4, 0.5) is 0 Å². The molecule has 1 aliphatic rings. The molecule has 10 heteroatoms. The number of ether oxygens (including phenoxy) is 1. The lowest BCUT2D eigenvalue weighted by Crippen LogP contribution is -2.43. The van der Waals surface area contributed by atoms with Gasteiger partial charge in [0.05, 0.1) is 18.3 Å². The average molecular weight is 472 g/mol. The summed E-state index contributed by atoms with van der Waals surface area (Å²) in [7, 11) is 0. The first-order chi connectivity index (χ1) is 15.6. The van der Waals surface area contributed by atoms with Crippen LogP contribution in [0.25, 0.3) is 5.69 Å². The fourth-order valence-electron chi connectivity index (χ4n) is 3.69. The number of rotatable bonds is 7. The molecule has 0 bridgehead atoms. The molecule has 0 radical (unpaired) electrons. The summed E-state index contributed by atoms with van der Waals surface area (Å²) in [6.45, 7) is 5.09. The maximum atomic E-state index is 12.9. The van der Waals surface area contributed by atoms with Gasteiger partial charge in [0, 0.05) is 24.2 Å². The quantitative estimate of drug-likeness (QED) is 0.383. The fraction of sp³-hybridized carbons (Fsp3) is 0.409. The van der Waals surface area contributed by atoms with Crippen molar-refractivity contribution in [2.75, 3.05) is 19.7 Å². The Morgan fingerprint density at radius 1 is 1.25 bits per heavy atom. The predicted molar refractivity (Wildman–Crippen MR) is 123 cm³/mol. The first kappa shape index (κ1) is 22.5. The van der Waals surface area contributed by atoms with E-state index in [2.05, 4.69) is 15.2 Å². The van der Waals surface area contributed by atoms with Crippen molar-refractivity contribution in [3.8, 4) is 5.69 Å². The van der Waals surface area contributed by atoms with Crippen LogP contribution in [0.1, 0.15) is 41.1 Å². The molecular weight excluding hydrogens is 446 g/mol. The van der Waals surface area contributed by atoms with E-state index in [1.807, 2.05) is 41.8 Å². The summed E-state index contributed by atoms with van der Waals surface area (Å²) in [5, 5.41) is 11.9. The molecule has 3 aromatic rings. The molecule has 8 nitrogen and oxygen atoms in total. The third kappa shape index (κ3) is 5.02. The third-order valence-corrected chi connectivity index (χ3v) is 7.21. The second-order valence-corrected chi connectivity index (χ2v) is 9.34. The molecule has 1 atom stereocenters. The van der Waals surface area contributed by atoms with Gasteiger partial charge in [-0.1, -0.05) is 30.0 Å². The van der Waals surface area contributed by atoms with Gasteiger partial charge in [-0.05, 0) is 38.8 Å². The SMILES string of the molecule is CCOC(=O)C1CCCN(C(=O)c2csc(CSc3nnc(C)n3-c3ccccc3)n2)C1. The molecule has 2 aromatic heterocycles. The van der Waals surface area contributed by atoms with E-state index in [0.29, 0.717) is 31.1 Å². The van der Waals surface area contributed by atoms with Crippen molar-refractivity contribution in [1.29, 1.82) is 0 Å². The maximum absolute atomic E-state index is 12.9. The average Bonchev–Trinajstić information content (AvgIpc) is 3.44. The Hall–Kier alpha value is -2.72. The Morgan fingerprint density at radius 3 is 2.84 bits per heavy atom. The smallest absolute Gasteiger partial charge is 0.310 e. The van der Waals surface area contributed by atoms with Gasteiger partial charge >= 0.3 is 5.97 Å². The van der Waals surface area contributed by atoms with Gasteiger partial charge in [-0.2, -0.15) is 0 Å². The summed E-state index contributed by atoms with van der Waals surface area (Å²) < 4.78 is 7.14. The monoisotopic (exact) mass is 471 g/mol. The summed E-state index contributed by atoms with van der Waals surface area (Å²) in [6, 6.07) is 9.97. The second-order valence-electron chi connectivity index (χ2n) is 7.46. The van der Waals surface area contributed by atoms with Crippen LogP contribution in [-0.4, -0.2) is 56.2 Å².